The van der Waals surface area contributed by atoms with Crippen molar-refractivity contribution < 1.29 is 0 Å². The number of rotatable bonds is 3. The molecule has 0 bridgehead atoms. The second-order valence-electron chi connectivity index (χ2n) is 4.31. The van der Waals surface area contributed by atoms with Crippen LogP contribution in [-0.4, -0.2) is 29.5 Å². The van der Waals surface area contributed by atoms with Crippen molar-refractivity contribution >= 4 is 23.7 Å². The SMILES string of the molecule is Cc1nc(CN2CCC(CN)CC2)cs1.Cl. The summed E-state index contributed by atoms with van der Waals surface area (Å²) in [6.07, 6.45) is 2.50. The Labute approximate surface area is 107 Å². The summed E-state index contributed by atoms with van der Waals surface area (Å²) in [6, 6.07) is 0. The second kappa shape index (κ2) is 6.55. The molecule has 1 aromatic heterocycles. The number of aryl methyl sites for hydroxylation is 1. The lowest BCUT2D eigenvalue weighted by molar-refractivity contribution is 0.179. The fraction of sp³-hybridized carbons (Fsp3) is 0.727. The Hall–Kier alpha value is -0.160. The van der Waals surface area contributed by atoms with Gasteiger partial charge in [0.1, 0.15) is 0 Å². The Morgan fingerprint density at radius 1 is 1.50 bits per heavy atom. The molecular weight excluding hydrogens is 242 g/mol. The van der Waals surface area contributed by atoms with E-state index in [2.05, 4.69) is 22.2 Å². The van der Waals surface area contributed by atoms with Gasteiger partial charge in [-0.2, -0.15) is 0 Å². The molecule has 0 atom stereocenters. The lowest BCUT2D eigenvalue weighted by Gasteiger charge is -2.30. The van der Waals surface area contributed by atoms with E-state index in [1.165, 1.54) is 36.6 Å². The van der Waals surface area contributed by atoms with Crippen molar-refractivity contribution in [2.75, 3.05) is 19.6 Å². The molecule has 2 rings (SSSR count). The van der Waals surface area contributed by atoms with Gasteiger partial charge >= 0.3 is 0 Å². The van der Waals surface area contributed by atoms with Gasteiger partial charge in [0.25, 0.3) is 0 Å². The summed E-state index contributed by atoms with van der Waals surface area (Å²) in [5, 5.41) is 3.34. The largest absolute Gasteiger partial charge is 0.330 e. The summed E-state index contributed by atoms with van der Waals surface area (Å²) in [5.41, 5.74) is 6.90. The van der Waals surface area contributed by atoms with E-state index in [1.54, 1.807) is 11.3 Å². The predicted molar refractivity (Wildman–Crippen MR) is 71.2 cm³/mol. The monoisotopic (exact) mass is 261 g/mol. The molecule has 1 aliphatic rings. The molecule has 1 aliphatic heterocycles. The van der Waals surface area contributed by atoms with Crippen LogP contribution < -0.4 is 5.73 Å². The molecule has 3 nitrogen and oxygen atoms in total. The molecule has 16 heavy (non-hydrogen) atoms. The van der Waals surface area contributed by atoms with Crippen LogP contribution in [0.25, 0.3) is 0 Å². The Balaban J connectivity index is 0.00000128. The number of likely N-dealkylation sites (tertiary alicyclic amines) is 1. The first-order chi connectivity index (χ1) is 7.28. The molecule has 0 radical (unpaired) electrons. The summed E-state index contributed by atoms with van der Waals surface area (Å²) < 4.78 is 0. The number of thiazole rings is 1. The van der Waals surface area contributed by atoms with Crippen LogP contribution in [0.3, 0.4) is 0 Å². The lowest BCUT2D eigenvalue weighted by atomic mass is 9.97. The fourth-order valence-electron chi connectivity index (χ4n) is 2.09. The minimum absolute atomic E-state index is 0. The first-order valence-electron chi connectivity index (χ1n) is 5.61. The summed E-state index contributed by atoms with van der Waals surface area (Å²) in [7, 11) is 0. The van der Waals surface area contributed by atoms with Gasteiger partial charge in [0.15, 0.2) is 0 Å². The molecule has 0 aliphatic carbocycles. The van der Waals surface area contributed by atoms with Gasteiger partial charge in [-0.25, -0.2) is 4.98 Å². The number of hydrogen-bond acceptors (Lipinski definition) is 4. The van der Waals surface area contributed by atoms with Crippen LogP contribution in [-0.2, 0) is 6.54 Å². The van der Waals surface area contributed by atoms with Crippen molar-refractivity contribution in [1.29, 1.82) is 0 Å². The normalized spacial score (nSPS) is 18.4. The van der Waals surface area contributed by atoms with Gasteiger partial charge in [0, 0.05) is 11.9 Å². The number of hydrogen-bond donors (Lipinski definition) is 1. The number of nitrogens with zero attached hydrogens (tertiary/aromatic N) is 2. The number of aromatic nitrogens is 1. The van der Waals surface area contributed by atoms with E-state index < -0.39 is 0 Å². The molecule has 1 fully saturated rings. The Morgan fingerprint density at radius 3 is 2.69 bits per heavy atom. The number of piperidine rings is 1. The lowest BCUT2D eigenvalue weighted by Crippen LogP contribution is -2.35. The van der Waals surface area contributed by atoms with Gasteiger partial charge in [-0.3, -0.25) is 4.90 Å². The Kier molecular flexibility index (Phi) is 5.69. The summed E-state index contributed by atoms with van der Waals surface area (Å²) in [5.74, 6) is 0.749. The van der Waals surface area contributed by atoms with Crippen LogP contribution in [0.5, 0.6) is 0 Å². The average Bonchev–Trinajstić information content (AvgIpc) is 2.65. The van der Waals surface area contributed by atoms with Gasteiger partial charge in [-0.05, 0) is 45.3 Å². The quantitative estimate of drug-likeness (QED) is 0.906. The maximum atomic E-state index is 5.68. The van der Waals surface area contributed by atoms with Crippen LogP contribution in [0.4, 0.5) is 0 Å². The molecule has 0 saturated carbocycles. The zero-order valence-corrected chi connectivity index (χ0v) is 11.3. The molecule has 1 saturated heterocycles. The van der Waals surface area contributed by atoms with Crippen molar-refractivity contribution in [3.05, 3.63) is 16.1 Å². The Morgan fingerprint density at radius 2 is 2.19 bits per heavy atom. The minimum atomic E-state index is 0. The van der Waals surface area contributed by atoms with Crippen LogP contribution in [0.15, 0.2) is 5.38 Å². The smallest absolute Gasteiger partial charge is 0.0897 e. The summed E-state index contributed by atoms with van der Waals surface area (Å²) >= 11 is 1.74. The molecule has 2 heterocycles. The summed E-state index contributed by atoms with van der Waals surface area (Å²) in [4.78, 5) is 6.98. The summed E-state index contributed by atoms with van der Waals surface area (Å²) in [6.45, 7) is 6.29. The van der Waals surface area contributed by atoms with E-state index in [1.807, 2.05) is 0 Å². The fourth-order valence-corrected chi connectivity index (χ4v) is 2.69. The number of nitrogens with two attached hydrogens (primary N) is 1. The van der Waals surface area contributed by atoms with Crippen molar-refractivity contribution in [3.8, 4) is 0 Å². The first-order valence-corrected chi connectivity index (χ1v) is 6.49. The van der Waals surface area contributed by atoms with E-state index in [9.17, 15) is 0 Å². The molecule has 0 aromatic carbocycles. The second-order valence-corrected chi connectivity index (χ2v) is 5.38. The molecule has 2 N–H and O–H groups in total. The number of halogens is 1. The van der Waals surface area contributed by atoms with E-state index in [4.69, 9.17) is 5.73 Å². The molecule has 0 spiro atoms. The molecule has 5 heteroatoms. The maximum Gasteiger partial charge on any atom is 0.0897 e. The van der Waals surface area contributed by atoms with Gasteiger partial charge in [-0.15, -0.1) is 23.7 Å². The molecule has 1 aromatic rings. The van der Waals surface area contributed by atoms with E-state index in [0.717, 1.165) is 19.0 Å². The maximum absolute atomic E-state index is 5.68. The standard InChI is InChI=1S/C11H19N3S.ClH/c1-9-13-11(8-15-9)7-14-4-2-10(6-12)3-5-14;/h8,10H,2-7,12H2,1H3;1H. The molecule has 92 valence electrons. The van der Waals surface area contributed by atoms with Crippen LogP contribution in [0, 0.1) is 12.8 Å². The molecular formula is C11H20ClN3S. The van der Waals surface area contributed by atoms with Gasteiger partial charge in [-0.1, -0.05) is 0 Å². The zero-order valence-electron chi connectivity index (χ0n) is 9.69. The minimum Gasteiger partial charge on any atom is -0.330 e. The van der Waals surface area contributed by atoms with E-state index in [0.29, 0.717) is 0 Å². The van der Waals surface area contributed by atoms with Crippen LogP contribution in [0.2, 0.25) is 0 Å². The predicted octanol–water partition coefficient (Wildman–Crippen LogP) is 2.04. The highest BCUT2D eigenvalue weighted by atomic mass is 35.5. The van der Waals surface area contributed by atoms with Crippen molar-refractivity contribution in [1.82, 2.24) is 9.88 Å². The first kappa shape index (κ1) is 13.9. The average molecular weight is 262 g/mol. The van der Waals surface area contributed by atoms with Crippen molar-refractivity contribution in [2.45, 2.75) is 26.3 Å². The van der Waals surface area contributed by atoms with Crippen molar-refractivity contribution in [2.24, 2.45) is 11.7 Å². The highest BCUT2D eigenvalue weighted by Crippen LogP contribution is 2.18. The van der Waals surface area contributed by atoms with E-state index in [-0.39, 0.29) is 12.4 Å². The third-order valence-corrected chi connectivity index (χ3v) is 3.91. The van der Waals surface area contributed by atoms with Gasteiger partial charge < -0.3 is 5.73 Å². The van der Waals surface area contributed by atoms with Crippen LogP contribution >= 0.6 is 23.7 Å². The van der Waals surface area contributed by atoms with E-state index >= 15 is 0 Å². The zero-order chi connectivity index (χ0) is 10.7. The van der Waals surface area contributed by atoms with Gasteiger partial charge in [0.05, 0.1) is 10.7 Å². The third-order valence-electron chi connectivity index (χ3n) is 3.09. The topological polar surface area (TPSA) is 42.2 Å². The molecule has 0 unspecified atom stereocenters. The highest BCUT2D eigenvalue weighted by Gasteiger charge is 2.18. The Bertz CT molecular complexity index is 308. The van der Waals surface area contributed by atoms with Crippen LogP contribution in [0.1, 0.15) is 23.5 Å². The van der Waals surface area contributed by atoms with Crippen molar-refractivity contribution in [3.63, 3.8) is 0 Å². The third kappa shape index (κ3) is 3.70. The highest BCUT2D eigenvalue weighted by molar-refractivity contribution is 7.09. The molecule has 0 amide bonds. The van der Waals surface area contributed by atoms with Gasteiger partial charge in [0.2, 0.25) is 0 Å².